The van der Waals surface area contributed by atoms with Gasteiger partial charge in [-0.05, 0) is 25.1 Å². The largest absolute Gasteiger partial charge is 0.352 e. The van der Waals surface area contributed by atoms with Crippen LogP contribution in [-0.4, -0.2) is 46.7 Å². The predicted octanol–water partition coefficient (Wildman–Crippen LogP) is 0.343. The molecule has 134 valence electrons. The fourth-order valence-corrected chi connectivity index (χ4v) is 2.33. The molecule has 3 rings (SSSR count). The topological polar surface area (TPSA) is 112 Å². The lowest BCUT2D eigenvalue weighted by molar-refractivity contribution is -0.120. The molecule has 9 nitrogen and oxygen atoms in total. The van der Waals surface area contributed by atoms with Crippen molar-refractivity contribution in [3.05, 3.63) is 48.8 Å². The molecule has 1 aromatic carbocycles. The number of aliphatic imine (C=N–C) groups is 1. The summed E-state index contributed by atoms with van der Waals surface area (Å²) in [5, 5.41) is 7.07. The van der Waals surface area contributed by atoms with Crippen molar-refractivity contribution in [2.24, 2.45) is 4.99 Å². The Bertz CT molecular complexity index is 795. The molecule has 1 aliphatic rings. The maximum atomic E-state index is 12.3. The smallest absolute Gasteiger partial charge is 0.288 e. The van der Waals surface area contributed by atoms with E-state index in [0.717, 1.165) is 0 Å². The van der Waals surface area contributed by atoms with Gasteiger partial charge in [0.05, 0.1) is 5.69 Å². The number of benzene rings is 1. The van der Waals surface area contributed by atoms with Crippen molar-refractivity contribution >= 4 is 29.3 Å². The zero-order valence-corrected chi connectivity index (χ0v) is 14.2. The normalized spacial score (nSPS) is 16.5. The van der Waals surface area contributed by atoms with Crippen molar-refractivity contribution in [3.8, 4) is 0 Å². The Labute approximate surface area is 150 Å². The first kappa shape index (κ1) is 17.3. The Hall–Kier alpha value is -3.49. The number of hydrogen-bond donors (Lipinski definition) is 3. The lowest BCUT2D eigenvalue weighted by atomic mass is 10.2. The van der Waals surface area contributed by atoms with Crippen LogP contribution in [0, 0.1) is 0 Å². The van der Waals surface area contributed by atoms with Crippen molar-refractivity contribution in [1.29, 1.82) is 0 Å². The van der Waals surface area contributed by atoms with Gasteiger partial charge in [-0.2, -0.15) is 0 Å². The molecule has 2 heterocycles. The average molecular weight is 353 g/mol. The van der Waals surface area contributed by atoms with Crippen LogP contribution in [0.3, 0.4) is 0 Å². The van der Waals surface area contributed by atoms with Crippen LogP contribution in [-0.2, 0) is 9.59 Å². The van der Waals surface area contributed by atoms with E-state index < -0.39 is 6.04 Å². The van der Waals surface area contributed by atoms with Crippen molar-refractivity contribution < 1.29 is 9.59 Å². The van der Waals surface area contributed by atoms with Crippen LogP contribution >= 0.6 is 0 Å². The number of para-hydroxylation sites is 1. The average Bonchev–Trinajstić information content (AvgIpc) is 2.68. The minimum absolute atomic E-state index is 0.0944. The Balaban J connectivity index is 1.56. The minimum atomic E-state index is -0.645. The summed E-state index contributed by atoms with van der Waals surface area (Å²) in [6.07, 6.45) is 3.26. The number of hydrogen-bond acceptors (Lipinski definition) is 7. The fourth-order valence-electron chi connectivity index (χ4n) is 2.33. The van der Waals surface area contributed by atoms with E-state index in [1.54, 1.807) is 37.5 Å². The lowest BCUT2D eigenvalue weighted by Crippen LogP contribution is -2.58. The highest BCUT2D eigenvalue weighted by atomic mass is 16.2. The number of carbonyl (C=O) groups excluding carboxylic acids is 2. The van der Waals surface area contributed by atoms with Gasteiger partial charge in [-0.3, -0.25) is 15.0 Å². The minimum Gasteiger partial charge on any atom is -0.352 e. The van der Waals surface area contributed by atoms with Gasteiger partial charge in [0.25, 0.3) is 11.8 Å². The van der Waals surface area contributed by atoms with Crippen LogP contribution < -0.4 is 21.1 Å². The van der Waals surface area contributed by atoms with Crippen LogP contribution in [0.15, 0.2) is 53.8 Å². The van der Waals surface area contributed by atoms with Gasteiger partial charge in [0, 0.05) is 25.5 Å². The summed E-state index contributed by atoms with van der Waals surface area (Å²) in [5.41, 5.74) is 3.43. The first-order valence-corrected chi connectivity index (χ1v) is 8.17. The molecular formula is C17H19N7O2. The number of nitrogens with zero attached hydrogens (tertiary/aromatic N) is 4. The molecule has 0 bridgehead atoms. The van der Waals surface area contributed by atoms with Gasteiger partial charge in [-0.1, -0.05) is 18.2 Å². The van der Waals surface area contributed by atoms with E-state index >= 15 is 0 Å². The Morgan fingerprint density at radius 1 is 1.15 bits per heavy atom. The van der Waals surface area contributed by atoms with E-state index in [2.05, 4.69) is 31.0 Å². The highest BCUT2D eigenvalue weighted by Gasteiger charge is 2.30. The van der Waals surface area contributed by atoms with Crippen LogP contribution in [0.2, 0.25) is 0 Å². The number of nitrogens with one attached hydrogen (secondary N) is 3. The van der Waals surface area contributed by atoms with Gasteiger partial charge < -0.3 is 10.6 Å². The number of carbonyl (C=O) groups is 2. The summed E-state index contributed by atoms with van der Waals surface area (Å²) < 4.78 is 0. The third kappa shape index (κ3) is 4.12. The zero-order chi connectivity index (χ0) is 18.4. The number of hydrazine groups is 1. The first-order chi connectivity index (χ1) is 12.6. The summed E-state index contributed by atoms with van der Waals surface area (Å²) >= 11 is 0. The maximum absolute atomic E-state index is 12.3. The summed E-state index contributed by atoms with van der Waals surface area (Å²) in [7, 11) is 0. The molecular weight excluding hydrogens is 334 g/mol. The highest BCUT2D eigenvalue weighted by Crippen LogP contribution is 2.15. The summed E-state index contributed by atoms with van der Waals surface area (Å²) in [6.45, 7) is 2.46. The van der Waals surface area contributed by atoms with E-state index in [4.69, 9.17) is 0 Å². The van der Waals surface area contributed by atoms with E-state index in [1.165, 1.54) is 5.01 Å². The third-order valence-corrected chi connectivity index (χ3v) is 3.61. The van der Waals surface area contributed by atoms with Crippen LogP contribution in [0.4, 0.5) is 11.6 Å². The molecule has 26 heavy (non-hydrogen) atoms. The highest BCUT2D eigenvalue weighted by molar-refractivity contribution is 6.39. The van der Waals surface area contributed by atoms with Crippen molar-refractivity contribution in [1.82, 2.24) is 20.7 Å². The van der Waals surface area contributed by atoms with Crippen LogP contribution in [0.5, 0.6) is 0 Å². The van der Waals surface area contributed by atoms with E-state index in [1.807, 2.05) is 18.2 Å². The Morgan fingerprint density at radius 2 is 1.88 bits per heavy atom. The monoisotopic (exact) mass is 353 g/mol. The molecule has 1 aliphatic heterocycles. The standard InChI is InChI=1S/C17H19N7O2/c1-12-16(26)24(13-6-3-2-4-7-13)23-14(22-12)15(25)18-10-11-21-17-19-8-5-9-20-17/h2-9,12H,10-11H2,1H3,(H,18,25)(H,22,23)(H,19,20,21)/t12-/m1/s1. The SMILES string of the molecule is C[C@H]1N=C(C(=O)NCCNc2ncccn2)NN(c2ccccc2)C1=O. The fraction of sp³-hybridized carbons (Fsp3) is 0.235. The second-order valence-corrected chi connectivity index (χ2v) is 5.53. The van der Waals surface area contributed by atoms with Gasteiger partial charge in [0.2, 0.25) is 11.8 Å². The first-order valence-electron chi connectivity index (χ1n) is 8.17. The number of amides is 2. The summed E-state index contributed by atoms with van der Waals surface area (Å²) in [5.74, 6) is -0.0297. The quantitative estimate of drug-likeness (QED) is 0.646. The molecule has 0 saturated heterocycles. The molecule has 0 spiro atoms. The lowest BCUT2D eigenvalue weighted by Gasteiger charge is -2.30. The Morgan fingerprint density at radius 3 is 2.62 bits per heavy atom. The van der Waals surface area contributed by atoms with Crippen molar-refractivity contribution in [2.45, 2.75) is 13.0 Å². The van der Waals surface area contributed by atoms with Crippen LogP contribution in [0.25, 0.3) is 0 Å². The molecule has 0 saturated carbocycles. The van der Waals surface area contributed by atoms with E-state index in [0.29, 0.717) is 24.7 Å². The number of rotatable bonds is 6. The molecule has 2 amide bonds. The molecule has 0 aliphatic carbocycles. The molecule has 9 heteroatoms. The van der Waals surface area contributed by atoms with Gasteiger partial charge in [0.1, 0.15) is 6.04 Å². The number of amidine groups is 1. The van der Waals surface area contributed by atoms with Crippen molar-refractivity contribution in [2.75, 3.05) is 23.4 Å². The molecule has 3 N–H and O–H groups in total. The molecule has 2 aromatic rings. The summed E-state index contributed by atoms with van der Waals surface area (Å²) in [4.78, 5) is 36.8. The van der Waals surface area contributed by atoms with Gasteiger partial charge in [-0.25, -0.2) is 20.0 Å². The van der Waals surface area contributed by atoms with Gasteiger partial charge >= 0.3 is 0 Å². The second-order valence-electron chi connectivity index (χ2n) is 5.53. The van der Waals surface area contributed by atoms with E-state index in [9.17, 15) is 9.59 Å². The third-order valence-electron chi connectivity index (χ3n) is 3.61. The maximum Gasteiger partial charge on any atom is 0.288 e. The van der Waals surface area contributed by atoms with E-state index in [-0.39, 0.29) is 17.6 Å². The van der Waals surface area contributed by atoms with Gasteiger partial charge in [0.15, 0.2) is 0 Å². The predicted molar refractivity (Wildman–Crippen MR) is 97.5 cm³/mol. The second kappa shape index (κ2) is 8.06. The molecule has 0 radical (unpaired) electrons. The molecule has 0 unspecified atom stereocenters. The molecule has 0 fully saturated rings. The number of anilines is 2. The van der Waals surface area contributed by atoms with Gasteiger partial charge in [-0.15, -0.1) is 0 Å². The Kier molecular flexibility index (Phi) is 5.37. The number of aromatic nitrogens is 2. The molecule has 1 aromatic heterocycles. The molecule has 1 atom stereocenters. The summed E-state index contributed by atoms with van der Waals surface area (Å²) in [6, 6.07) is 10.1. The zero-order valence-electron chi connectivity index (χ0n) is 14.2. The van der Waals surface area contributed by atoms with Crippen molar-refractivity contribution in [3.63, 3.8) is 0 Å². The van der Waals surface area contributed by atoms with Crippen LogP contribution in [0.1, 0.15) is 6.92 Å².